The molecule has 0 saturated carbocycles. The number of aromatic nitrogens is 2. The largest absolute Gasteiger partial charge is 0.444 e. The average molecular weight is 309 g/mol. The summed E-state index contributed by atoms with van der Waals surface area (Å²) in [5, 5.41) is 11.2. The second kappa shape index (κ2) is 5.32. The Labute approximate surface area is 127 Å². The highest BCUT2D eigenvalue weighted by molar-refractivity contribution is 6.07. The molecule has 3 N–H and O–H groups in total. The van der Waals surface area contributed by atoms with Crippen molar-refractivity contribution in [2.24, 2.45) is 7.05 Å². The van der Waals surface area contributed by atoms with Gasteiger partial charge in [-0.05, 0) is 20.8 Å². The number of carbonyl (C=O) groups excluding carboxylic acids is 3. The summed E-state index contributed by atoms with van der Waals surface area (Å²) in [4.78, 5) is 35.5. The molecule has 1 aromatic rings. The van der Waals surface area contributed by atoms with Crippen molar-refractivity contribution in [2.45, 2.75) is 31.9 Å². The SMILES string of the molecule is Cn1cc(C2(CNC(=O)OC(C)(C)C)NC(=O)NC2=O)cn1. The number of aryl methyl sites for hydroxylation is 1. The number of imide groups is 1. The first kappa shape index (κ1) is 15.8. The molecule has 9 heteroatoms. The summed E-state index contributed by atoms with van der Waals surface area (Å²) in [6, 6.07) is -0.625. The molecular weight excluding hydrogens is 290 g/mol. The number of nitrogens with one attached hydrogen (secondary N) is 3. The highest BCUT2D eigenvalue weighted by Crippen LogP contribution is 2.24. The van der Waals surface area contributed by atoms with Gasteiger partial charge in [-0.15, -0.1) is 0 Å². The molecule has 0 aliphatic carbocycles. The number of rotatable bonds is 3. The van der Waals surface area contributed by atoms with Gasteiger partial charge in [-0.2, -0.15) is 5.10 Å². The molecule has 1 saturated heterocycles. The van der Waals surface area contributed by atoms with Crippen molar-refractivity contribution in [2.75, 3.05) is 6.54 Å². The first-order valence-corrected chi connectivity index (χ1v) is 6.72. The third kappa shape index (κ3) is 3.18. The van der Waals surface area contributed by atoms with Gasteiger partial charge in [0.05, 0.1) is 12.7 Å². The van der Waals surface area contributed by atoms with Gasteiger partial charge in [0.1, 0.15) is 5.60 Å². The van der Waals surface area contributed by atoms with Gasteiger partial charge in [-0.3, -0.25) is 14.8 Å². The Morgan fingerprint density at radius 2 is 2.14 bits per heavy atom. The molecule has 1 aromatic heterocycles. The van der Waals surface area contributed by atoms with Crippen LogP contribution in [0.5, 0.6) is 0 Å². The summed E-state index contributed by atoms with van der Waals surface area (Å²) in [5.41, 5.74) is -1.59. The Balaban J connectivity index is 2.19. The Morgan fingerprint density at radius 3 is 2.59 bits per heavy atom. The molecule has 4 amide bonds. The van der Waals surface area contributed by atoms with Gasteiger partial charge in [0.25, 0.3) is 5.91 Å². The fourth-order valence-electron chi connectivity index (χ4n) is 2.08. The summed E-state index contributed by atoms with van der Waals surface area (Å²) >= 11 is 0. The van der Waals surface area contributed by atoms with Crippen LogP contribution in [0, 0.1) is 0 Å². The first-order chi connectivity index (χ1) is 10.1. The maximum atomic E-state index is 12.2. The zero-order valence-corrected chi connectivity index (χ0v) is 12.9. The Bertz CT molecular complexity index is 618. The normalized spacial score (nSPS) is 21.3. The lowest BCUT2D eigenvalue weighted by atomic mass is 9.92. The topological polar surface area (TPSA) is 114 Å². The van der Waals surface area contributed by atoms with E-state index in [1.54, 1.807) is 34.0 Å². The molecule has 0 radical (unpaired) electrons. The summed E-state index contributed by atoms with van der Waals surface area (Å²) in [7, 11) is 1.69. The second-order valence-corrected chi connectivity index (χ2v) is 6.07. The molecule has 1 atom stereocenters. The Kier molecular flexibility index (Phi) is 3.82. The van der Waals surface area contributed by atoms with Crippen LogP contribution in [0.1, 0.15) is 26.3 Å². The van der Waals surface area contributed by atoms with E-state index in [1.165, 1.54) is 10.9 Å². The van der Waals surface area contributed by atoms with Crippen LogP contribution in [-0.2, 0) is 22.1 Å². The molecule has 9 nitrogen and oxygen atoms in total. The number of nitrogens with zero attached hydrogens (tertiary/aromatic N) is 2. The van der Waals surface area contributed by atoms with E-state index in [-0.39, 0.29) is 6.54 Å². The van der Waals surface area contributed by atoms with Gasteiger partial charge in [-0.25, -0.2) is 9.59 Å². The number of hydrogen-bond donors (Lipinski definition) is 3. The minimum absolute atomic E-state index is 0.148. The van der Waals surface area contributed by atoms with Crippen molar-refractivity contribution in [1.82, 2.24) is 25.7 Å². The number of hydrogen-bond acceptors (Lipinski definition) is 5. The third-order valence-corrected chi connectivity index (χ3v) is 3.04. The van der Waals surface area contributed by atoms with Gasteiger partial charge in [0.15, 0.2) is 5.54 Å². The van der Waals surface area contributed by atoms with Crippen LogP contribution in [0.15, 0.2) is 12.4 Å². The van der Waals surface area contributed by atoms with Crippen molar-refractivity contribution in [3.8, 4) is 0 Å². The third-order valence-electron chi connectivity index (χ3n) is 3.04. The number of alkyl carbamates (subject to hydrolysis) is 1. The minimum atomic E-state index is -1.40. The lowest BCUT2D eigenvalue weighted by molar-refractivity contribution is -0.124. The number of ether oxygens (including phenoxy) is 1. The highest BCUT2D eigenvalue weighted by atomic mass is 16.6. The van der Waals surface area contributed by atoms with E-state index in [1.807, 2.05) is 0 Å². The minimum Gasteiger partial charge on any atom is -0.444 e. The standard InChI is InChI=1S/C13H19N5O4/c1-12(2,3)22-11(21)14-7-13(8-5-15-18(4)6-8)9(19)16-10(20)17-13/h5-6H,7H2,1-4H3,(H,14,21)(H2,16,17,19,20). The van der Waals surface area contributed by atoms with Gasteiger partial charge < -0.3 is 15.4 Å². The number of carbonyl (C=O) groups is 3. The Morgan fingerprint density at radius 1 is 1.45 bits per heavy atom. The van der Waals surface area contributed by atoms with Crippen molar-refractivity contribution in [3.05, 3.63) is 18.0 Å². The molecule has 1 aliphatic rings. The fourth-order valence-corrected chi connectivity index (χ4v) is 2.08. The molecule has 0 spiro atoms. The quantitative estimate of drug-likeness (QED) is 0.679. The zero-order valence-electron chi connectivity index (χ0n) is 12.9. The van der Waals surface area contributed by atoms with Crippen LogP contribution in [-0.4, -0.2) is 40.0 Å². The molecule has 1 fully saturated rings. The lowest BCUT2D eigenvalue weighted by Gasteiger charge is -2.26. The van der Waals surface area contributed by atoms with Crippen molar-refractivity contribution >= 4 is 18.0 Å². The van der Waals surface area contributed by atoms with Gasteiger partial charge in [0, 0.05) is 18.8 Å². The maximum absolute atomic E-state index is 12.2. The van der Waals surface area contributed by atoms with Crippen LogP contribution in [0.25, 0.3) is 0 Å². The molecule has 1 aliphatic heterocycles. The maximum Gasteiger partial charge on any atom is 0.407 e. The lowest BCUT2D eigenvalue weighted by Crippen LogP contribution is -2.53. The van der Waals surface area contributed by atoms with Crippen LogP contribution in [0.2, 0.25) is 0 Å². The van der Waals surface area contributed by atoms with Gasteiger partial charge in [0.2, 0.25) is 0 Å². The Hall–Kier alpha value is -2.58. The van der Waals surface area contributed by atoms with E-state index < -0.39 is 29.2 Å². The van der Waals surface area contributed by atoms with Crippen LogP contribution >= 0.6 is 0 Å². The first-order valence-electron chi connectivity index (χ1n) is 6.72. The van der Waals surface area contributed by atoms with E-state index in [2.05, 4.69) is 21.0 Å². The van der Waals surface area contributed by atoms with E-state index in [9.17, 15) is 14.4 Å². The summed E-state index contributed by atoms with van der Waals surface area (Å²) in [6.45, 7) is 5.04. The summed E-state index contributed by atoms with van der Waals surface area (Å²) < 4.78 is 6.63. The van der Waals surface area contributed by atoms with Gasteiger partial charge >= 0.3 is 12.1 Å². The van der Waals surface area contributed by atoms with Crippen LogP contribution < -0.4 is 16.0 Å². The van der Waals surface area contributed by atoms with Gasteiger partial charge in [-0.1, -0.05) is 0 Å². The average Bonchev–Trinajstić information content (AvgIpc) is 2.90. The smallest absolute Gasteiger partial charge is 0.407 e. The van der Waals surface area contributed by atoms with E-state index in [0.717, 1.165) is 0 Å². The summed E-state index contributed by atoms with van der Waals surface area (Å²) in [6.07, 6.45) is 2.38. The second-order valence-electron chi connectivity index (χ2n) is 6.07. The van der Waals surface area contributed by atoms with Crippen LogP contribution in [0.3, 0.4) is 0 Å². The van der Waals surface area contributed by atoms with Crippen molar-refractivity contribution in [3.63, 3.8) is 0 Å². The monoisotopic (exact) mass is 309 g/mol. The highest BCUT2D eigenvalue weighted by Gasteiger charge is 2.49. The molecule has 22 heavy (non-hydrogen) atoms. The fraction of sp³-hybridized carbons (Fsp3) is 0.538. The molecule has 0 bridgehead atoms. The number of urea groups is 1. The van der Waals surface area contributed by atoms with Crippen LogP contribution in [0.4, 0.5) is 9.59 Å². The zero-order chi connectivity index (χ0) is 16.5. The summed E-state index contributed by atoms with van der Waals surface area (Å²) in [5.74, 6) is -0.554. The molecular formula is C13H19N5O4. The predicted molar refractivity (Wildman–Crippen MR) is 75.8 cm³/mol. The molecule has 120 valence electrons. The van der Waals surface area contributed by atoms with E-state index in [0.29, 0.717) is 5.56 Å². The van der Waals surface area contributed by atoms with E-state index in [4.69, 9.17) is 4.74 Å². The predicted octanol–water partition coefficient (Wildman–Crippen LogP) is -0.0205. The van der Waals surface area contributed by atoms with Crippen molar-refractivity contribution in [1.29, 1.82) is 0 Å². The molecule has 1 unspecified atom stereocenters. The van der Waals surface area contributed by atoms with E-state index >= 15 is 0 Å². The molecule has 0 aromatic carbocycles. The number of amides is 4. The van der Waals surface area contributed by atoms with Crippen molar-refractivity contribution < 1.29 is 19.1 Å². The molecule has 2 rings (SSSR count). The molecule has 2 heterocycles.